The Hall–Kier alpha value is -0.140. The van der Waals surface area contributed by atoms with Crippen molar-refractivity contribution in [1.29, 1.82) is 0 Å². The summed E-state index contributed by atoms with van der Waals surface area (Å²) >= 11 is 0. The summed E-state index contributed by atoms with van der Waals surface area (Å²) in [5.41, 5.74) is 0. The van der Waals surface area contributed by atoms with Crippen molar-refractivity contribution < 1.29 is 13.9 Å². The van der Waals surface area contributed by atoms with Crippen LogP contribution < -0.4 is 0 Å². The molecule has 0 rings (SSSR count). The molecule has 0 aromatic heterocycles. The fraction of sp³-hybridized carbons (Fsp3) is 0.833. The lowest BCUT2D eigenvalue weighted by Crippen LogP contribution is -1.93. The molecule has 0 spiro atoms. The van der Waals surface area contributed by atoms with Crippen molar-refractivity contribution >= 4 is 13.7 Å². The van der Waals surface area contributed by atoms with E-state index in [0.29, 0.717) is 19.2 Å². The molecule has 0 aliphatic carbocycles. The summed E-state index contributed by atoms with van der Waals surface area (Å²) in [6, 6.07) is 0. The Kier molecular flexibility index (Phi) is 4.58. The smallest absolute Gasteiger partial charge is 0.200 e. The number of hydrogen-bond acceptors (Lipinski definition) is 3. The molecule has 1 unspecified atom stereocenters. The minimum Gasteiger partial charge on any atom is -0.329 e. The molecule has 10 heavy (non-hydrogen) atoms. The van der Waals surface area contributed by atoms with Gasteiger partial charge in [0.1, 0.15) is 6.29 Å². The number of hydrogen-bond donors (Lipinski definition) is 0. The van der Waals surface area contributed by atoms with E-state index in [0.717, 1.165) is 6.29 Å². The van der Waals surface area contributed by atoms with Crippen molar-refractivity contribution in [2.24, 2.45) is 0 Å². The molecule has 60 valence electrons. The fourth-order valence-corrected chi connectivity index (χ4v) is 1.87. The molecule has 0 radical (unpaired) electrons. The van der Waals surface area contributed by atoms with Crippen molar-refractivity contribution in [2.75, 3.05) is 19.4 Å². The SMILES string of the molecule is CCOP(C)(=O)CCC=O. The lowest BCUT2D eigenvalue weighted by molar-refractivity contribution is -0.107. The van der Waals surface area contributed by atoms with Gasteiger partial charge in [0.2, 0.25) is 7.37 Å². The Morgan fingerprint density at radius 3 is 2.60 bits per heavy atom. The van der Waals surface area contributed by atoms with Gasteiger partial charge in [0, 0.05) is 19.2 Å². The van der Waals surface area contributed by atoms with Gasteiger partial charge in [0.05, 0.1) is 6.61 Å². The largest absolute Gasteiger partial charge is 0.329 e. The first-order valence-corrected chi connectivity index (χ1v) is 5.53. The maximum absolute atomic E-state index is 11.2. The van der Waals surface area contributed by atoms with E-state index >= 15 is 0 Å². The summed E-state index contributed by atoms with van der Waals surface area (Å²) in [4.78, 5) is 9.88. The molecular formula is C6H13O3P. The van der Waals surface area contributed by atoms with Crippen LogP contribution in [0.15, 0.2) is 0 Å². The van der Waals surface area contributed by atoms with E-state index in [4.69, 9.17) is 4.52 Å². The molecule has 0 amide bonds. The Bertz CT molecular complexity index is 144. The van der Waals surface area contributed by atoms with E-state index in [-0.39, 0.29) is 0 Å². The Labute approximate surface area is 61.2 Å². The maximum atomic E-state index is 11.2. The molecule has 0 aromatic carbocycles. The van der Waals surface area contributed by atoms with Gasteiger partial charge in [0.15, 0.2) is 0 Å². The summed E-state index contributed by atoms with van der Waals surface area (Å²) < 4.78 is 16.1. The summed E-state index contributed by atoms with van der Waals surface area (Å²) in [6.45, 7) is 3.80. The third kappa shape index (κ3) is 4.71. The zero-order chi connectivity index (χ0) is 8.04. The number of rotatable bonds is 5. The van der Waals surface area contributed by atoms with Crippen molar-refractivity contribution in [1.82, 2.24) is 0 Å². The van der Waals surface area contributed by atoms with Gasteiger partial charge < -0.3 is 9.32 Å². The van der Waals surface area contributed by atoms with E-state index in [1.54, 1.807) is 13.6 Å². The maximum Gasteiger partial charge on any atom is 0.200 e. The highest BCUT2D eigenvalue weighted by Crippen LogP contribution is 2.42. The third-order valence-electron chi connectivity index (χ3n) is 1.06. The molecule has 1 atom stereocenters. The van der Waals surface area contributed by atoms with Crippen LogP contribution in [0.4, 0.5) is 0 Å². The standard InChI is InChI=1S/C6H13O3P/c1-3-9-10(2,8)6-4-5-7/h5H,3-4,6H2,1-2H3. The predicted octanol–water partition coefficient (Wildman–Crippen LogP) is 1.52. The minimum absolute atomic E-state index is 0.327. The second-order valence-electron chi connectivity index (χ2n) is 2.11. The second kappa shape index (κ2) is 4.64. The minimum atomic E-state index is -2.44. The molecule has 4 heteroatoms. The zero-order valence-electron chi connectivity index (χ0n) is 6.37. The van der Waals surface area contributed by atoms with Gasteiger partial charge >= 0.3 is 0 Å². The van der Waals surface area contributed by atoms with Gasteiger partial charge in [-0.25, -0.2) is 0 Å². The highest BCUT2D eigenvalue weighted by atomic mass is 31.2. The summed E-state index contributed by atoms with van der Waals surface area (Å²) in [7, 11) is -2.44. The molecule has 3 nitrogen and oxygen atoms in total. The van der Waals surface area contributed by atoms with Crippen LogP contribution in [-0.4, -0.2) is 25.7 Å². The van der Waals surface area contributed by atoms with Crippen LogP contribution in [0.25, 0.3) is 0 Å². The van der Waals surface area contributed by atoms with E-state index in [1.807, 2.05) is 0 Å². The molecule has 0 fully saturated rings. The van der Waals surface area contributed by atoms with Crippen LogP contribution in [0.5, 0.6) is 0 Å². The van der Waals surface area contributed by atoms with Crippen LogP contribution in [0.1, 0.15) is 13.3 Å². The van der Waals surface area contributed by atoms with Gasteiger partial charge in [-0.05, 0) is 6.92 Å². The van der Waals surface area contributed by atoms with Gasteiger partial charge in [-0.3, -0.25) is 4.57 Å². The Morgan fingerprint density at radius 1 is 1.60 bits per heavy atom. The molecule has 0 aliphatic heterocycles. The monoisotopic (exact) mass is 164 g/mol. The topological polar surface area (TPSA) is 43.4 Å². The highest BCUT2D eigenvalue weighted by Gasteiger charge is 2.12. The van der Waals surface area contributed by atoms with Crippen molar-refractivity contribution in [3.8, 4) is 0 Å². The summed E-state index contributed by atoms with van der Waals surface area (Å²) in [5, 5.41) is 0. The van der Waals surface area contributed by atoms with Crippen LogP contribution in [0, 0.1) is 0 Å². The van der Waals surface area contributed by atoms with E-state index in [9.17, 15) is 9.36 Å². The van der Waals surface area contributed by atoms with E-state index in [1.165, 1.54) is 0 Å². The molecule has 0 aromatic rings. The van der Waals surface area contributed by atoms with E-state index < -0.39 is 7.37 Å². The van der Waals surface area contributed by atoms with Crippen LogP contribution in [-0.2, 0) is 13.9 Å². The van der Waals surface area contributed by atoms with Gasteiger partial charge in [-0.15, -0.1) is 0 Å². The van der Waals surface area contributed by atoms with Gasteiger partial charge in [-0.1, -0.05) is 0 Å². The van der Waals surface area contributed by atoms with Crippen molar-refractivity contribution in [3.05, 3.63) is 0 Å². The molecule has 0 N–H and O–H groups in total. The highest BCUT2D eigenvalue weighted by molar-refractivity contribution is 7.58. The summed E-state index contributed by atoms with van der Waals surface area (Å²) in [5.74, 6) is 0. The lowest BCUT2D eigenvalue weighted by Gasteiger charge is -2.09. The number of carbonyl (C=O) groups excluding carboxylic acids is 1. The second-order valence-corrected chi connectivity index (χ2v) is 4.84. The molecular weight excluding hydrogens is 151 g/mol. The molecule has 0 heterocycles. The molecule has 0 saturated heterocycles. The Morgan fingerprint density at radius 2 is 2.20 bits per heavy atom. The Balaban J connectivity index is 3.63. The zero-order valence-corrected chi connectivity index (χ0v) is 7.27. The number of carbonyl (C=O) groups is 1. The number of aldehydes is 1. The van der Waals surface area contributed by atoms with Crippen molar-refractivity contribution in [3.63, 3.8) is 0 Å². The normalized spacial score (nSPS) is 16.2. The van der Waals surface area contributed by atoms with Gasteiger partial charge in [-0.2, -0.15) is 0 Å². The first-order chi connectivity index (χ1) is 4.62. The first kappa shape index (κ1) is 9.86. The quantitative estimate of drug-likeness (QED) is 0.457. The van der Waals surface area contributed by atoms with Gasteiger partial charge in [0.25, 0.3) is 0 Å². The molecule has 0 aliphatic rings. The molecule has 0 bridgehead atoms. The van der Waals surface area contributed by atoms with Crippen molar-refractivity contribution in [2.45, 2.75) is 13.3 Å². The average Bonchev–Trinajstić information content (AvgIpc) is 1.84. The van der Waals surface area contributed by atoms with Crippen LogP contribution >= 0.6 is 7.37 Å². The lowest BCUT2D eigenvalue weighted by atomic mass is 10.6. The third-order valence-corrected chi connectivity index (χ3v) is 2.93. The van der Waals surface area contributed by atoms with Crippen LogP contribution in [0.2, 0.25) is 0 Å². The average molecular weight is 164 g/mol. The predicted molar refractivity (Wildman–Crippen MR) is 40.7 cm³/mol. The first-order valence-electron chi connectivity index (χ1n) is 3.27. The van der Waals surface area contributed by atoms with E-state index in [2.05, 4.69) is 0 Å². The summed E-state index contributed by atoms with van der Waals surface area (Å²) in [6.07, 6.45) is 1.45. The van der Waals surface area contributed by atoms with Crippen LogP contribution in [0.3, 0.4) is 0 Å². The molecule has 0 saturated carbocycles. The fourth-order valence-electron chi connectivity index (χ4n) is 0.625.